The quantitative estimate of drug-likeness (QED) is 0.872. The van der Waals surface area contributed by atoms with E-state index >= 15 is 0 Å². The summed E-state index contributed by atoms with van der Waals surface area (Å²) in [6.45, 7) is -0.287. The maximum Gasteiger partial charge on any atom is 0.418 e. The van der Waals surface area contributed by atoms with Crippen molar-refractivity contribution in [1.82, 2.24) is 5.32 Å². The molecule has 0 radical (unpaired) electrons. The number of nitrogens with one attached hydrogen (secondary N) is 2. The molecule has 0 bridgehead atoms. The highest BCUT2D eigenvalue weighted by Crippen LogP contribution is 2.36. The predicted octanol–water partition coefficient (Wildman–Crippen LogP) is 1.81. The summed E-state index contributed by atoms with van der Waals surface area (Å²) < 4.78 is 43.5. The van der Waals surface area contributed by atoms with E-state index in [2.05, 4.69) is 10.6 Å². The van der Waals surface area contributed by atoms with Crippen molar-refractivity contribution < 1.29 is 27.5 Å². The number of benzene rings is 1. The van der Waals surface area contributed by atoms with Crippen molar-refractivity contribution in [2.24, 2.45) is 0 Å². The van der Waals surface area contributed by atoms with Crippen molar-refractivity contribution in [2.75, 3.05) is 18.5 Å². The fourth-order valence-corrected chi connectivity index (χ4v) is 1.94. The number of hydrogen-bond donors (Lipinski definition) is 2. The van der Waals surface area contributed by atoms with Gasteiger partial charge in [0.25, 0.3) is 0 Å². The molecule has 1 unspecified atom stereocenters. The van der Waals surface area contributed by atoms with Gasteiger partial charge in [0.15, 0.2) is 0 Å². The highest BCUT2D eigenvalue weighted by molar-refractivity contribution is 6.30. The zero-order valence-corrected chi connectivity index (χ0v) is 11.2. The van der Waals surface area contributed by atoms with Crippen LogP contribution in [0.5, 0.6) is 0 Å². The van der Waals surface area contributed by atoms with Crippen molar-refractivity contribution in [3.63, 3.8) is 0 Å². The first-order valence-electron chi connectivity index (χ1n) is 5.82. The van der Waals surface area contributed by atoms with Crippen LogP contribution in [0.15, 0.2) is 18.2 Å². The lowest BCUT2D eigenvalue weighted by atomic mass is 10.1. The Morgan fingerprint density at radius 2 is 2.14 bits per heavy atom. The molecule has 0 aliphatic carbocycles. The Balaban J connectivity index is 2.19. The van der Waals surface area contributed by atoms with Crippen molar-refractivity contribution in [3.05, 3.63) is 28.8 Å². The number of morpholine rings is 1. The average molecular weight is 323 g/mol. The first kappa shape index (κ1) is 15.6. The highest BCUT2D eigenvalue weighted by atomic mass is 35.5. The fraction of sp³-hybridized carbons (Fsp3) is 0.333. The standard InChI is InChI=1S/C12H10ClF3N2O3/c13-6-1-2-8(7(3-6)12(14,15)16)18-11(20)9-4-21-5-10(19)17-9/h1-3,9H,4-5H2,(H,17,19)(H,18,20). The minimum atomic E-state index is -4.67. The van der Waals surface area contributed by atoms with Crippen molar-refractivity contribution in [2.45, 2.75) is 12.2 Å². The Bertz CT molecular complexity index is 577. The van der Waals surface area contributed by atoms with E-state index in [0.29, 0.717) is 6.07 Å². The van der Waals surface area contributed by atoms with Gasteiger partial charge in [0, 0.05) is 5.02 Å². The maximum atomic E-state index is 12.9. The minimum Gasteiger partial charge on any atom is -0.369 e. The molecular weight excluding hydrogens is 313 g/mol. The van der Waals surface area contributed by atoms with Gasteiger partial charge in [-0.1, -0.05) is 11.6 Å². The second-order valence-electron chi connectivity index (χ2n) is 4.31. The van der Waals surface area contributed by atoms with E-state index in [0.717, 1.165) is 6.07 Å². The van der Waals surface area contributed by atoms with Crippen molar-refractivity contribution >= 4 is 29.1 Å². The van der Waals surface area contributed by atoms with Crippen LogP contribution in [0, 0.1) is 0 Å². The van der Waals surface area contributed by atoms with E-state index < -0.39 is 35.3 Å². The van der Waals surface area contributed by atoms with E-state index in [1.165, 1.54) is 6.07 Å². The summed E-state index contributed by atoms with van der Waals surface area (Å²) in [4.78, 5) is 23.0. The van der Waals surface area contributed by atoms with Gasteiger partial charge in [-0.05, 0) is 18.2 Å². The molecule has 2 amide bonds. The molecule has 0 spiro atoms. The molecule has 0 aromatic heterocycles. The number of carbonyl (C=O) groups is 2. The van der Waals surface area contributed by atoms with Gasteiger partial charge in [0.05, 0.1) is 17.9 Å². The SMILES string of the molecule is O=C1COCC(C(=O)Nc2ccc(Cl)cc2C(F)(F)F)N1. The third-order valence-corrected chi connectivity index (χ3v) is 2.95. The molecule has 2 rings (SSSR count). The summed E-state index contributed by atoms with van der Waals surface area (Å²) in [6.07, 6.45) is -4.67. The second-order valence-corrected chi connectivity index (χ2v) is 4.75. The Hall–Kier alpha value is -1.80. The molecule has 114 valence electrons. The Morgan fingerprint density at radius 1 is 1.43 bits per heavy atom. The zero-order chi connectivity index (χ0) is 15.6. The summed E-state index contributed by atoms with van der Waals surface area (Å²) >= 11 is 5.54. The van der Waals surface area contributed by atoms with Crippen molar-refractivity contribution in [3.8, 4) is 0 Å². The lowest BCUT2D eigenvalue weighted by Crippen LogP contribution is -2.52. The largest absolute Gasteiger partial charge is 0.418 e. The van der Waals surface area contributed by atoms with Crippen LogP contribution in [0.1, 0.15) is 5.56 Å². The summed E-state index contributed by atoms with van der Waals surface area (Å²) in [5.74, 6) is -1.30. The molecule has 1 atom stereocenters. The third-order valence-electron chi connectivity index (χ3n) is 2.71. The van der Waals surface area contributed by atoms with Gasteiger partial charge in [0.2, 0.25) is 11.8 Å². The summed E-state index contributed by atoms with van der Waals surface area (Å²) in [6, 6.07) is 1.95. The van der Waals surface area contributed by atoms with Crippen LogP contribution in [0.2, 0.25) is 5.02 Å². The Morgan fingerprint density at radius 3 is 2.76 bits per heavy atom. The molecule has 1 aromatic rings. The lowest BCUT2D eigenvalue weighted by Gasteiger charge is -2.23. The molecule has 1 heterocycles. The molecule has 21 heavy (non-hydrogen) atoms. The molecule has 9 heteroatoms. The Labute approximate surface area is 122 Å². The molecule has 1 aromatic carbocycles. The maximum absolute atomic E-state index is 12.9. The fourth-order valence-electron chi connectivity index (χ4n) is 1.77. The normalized spacial score (nSPS) is 19.0. The number of halogens is 4. The summed E-state index contributed by atoms with van der Waals surface area (Å²) in [7, 11) is 0. The van der Waals surface area contributed by atoms with Gasteiger partial charge in [-0.2, -0.15) is 13.2 Å². The van der Waals surface area contributed by atoms with Crippen LogP contribution >= 0.6 is 11.6 Å². The van der Waals surface area contributed by atoms with E-state index in [9.17, 15) is 22.8 Å². The van der Waals surface area contributed by atoms with Gasteiger partial charge in [-0.3, -0.25) is 9.59 Å². The third kappa shape index (κ3) is 3.85. The molecule has 1 fully saturated rings. The number of hydrogen-bond acceptors (Lipinski definition) is 3. The van der Waals surface area contributed by atoms with Crippen LogP contribution < -0.4 is 10.6 Å². The molecular formula is C12H10ClF3N2O3. The summed E-state index contributed by atoms with van der Waals surface area (Å²) in [5, 5.41) is 4.34. The number of alkyl halides is 3. The van der Waals surface area contributed by atoms with Crippen LogP contribution in [0.3, 0.4) is 0 Å². The van der Waals surface area contributed by atoms with E-state index in [1.54, 1.807) is 0 Å². The molecule has 1 aliphatic rings. The van der Waals surface area contributed by atoms with E-state index in [1.807, 2.05) is 0 Å². The van der Waals surface area contributed by atoms with Gasteiger partial charge in [-0.15, -0.1) is 0 Å². The summed E-state index contributed by atoms with van der Waals surface area (Å²) in [5.41, 5.74) is -1.50. The van der Waals surface area contributed by atoms with Crippen molar-refractivity contribution in [1.29, 1.82) is 0 Å². The molecule has 1 aliphatic heterocycles. The van der Waals surface area contributed by atoms with Crippen LogP contribution in [0.25, 0.3) is 0 Å². The van der Waals surface area contributed by atoms with Gasteiger partial charge in [0.1, 0.15) is 12.6 Å². The number of rotatable bonds is 2. The molecule has 1 saturated heterocycles. The molecule has 2 N–H and O–H groups in total. The molecule has 5 nitrogen and oxygen atoms in total. The number of ether oxygens (including phenoxy) is 1. The molecule has 0 saturated carbocycles. The van der Waals surface area contributed by atoms with Gasteiger partial charge >= 0.3 is 6.18 Å². The monoisotopic (exact) mass is 322 g/mol. The lowest BCUT2D eigenvalue weighted by molar-refractivity contribution is -0.138. The topological polar surface area (TPSA) is 67.4 Å². The average Bonchev–Trinajstić information content (AvgIpc) is 2.39. The van der Waals surface area contributed by atoms with Gasteiger partial charge in [-0.25, -0.2) is 0 Å². The first-order valence-corrected chi connectivity index (χ1v) is 6.20. The van der Waals surface area contributed by atoms with E-state index in [4.69, 9.17) is 16.3 Å². The van der Waals surface area contributed by atoms with Gasteiger partial charge < -0.3 is 15.4 Å². The zero-order valence-electron chi connectivity index (χ0n) is 10.5. The highest BCUT2D eigenvalue weighted by Gasteiger charge is 2.35. The minimum absolute atomic E-state index is 0.102. The first-order chi connectivity index (χ1) is 9.77. The number of amides is 2. The van der Waals surface area contributed by atoms with Crippen LogP contribution in [-0.2, 0) is 20.5 Å². The number of anilines is 1. The number of carbonyl (C=O) groups excluding carboxylic acids is 2. The Kier molecular flexibility index (Phi) is 4.38. The smallest absolute Gasteiger partial charge is 0.369 e. The van der Waals surface area contributed by atoms with Crippen LogP contribution in [0.4, 0.5) is 18.9 Å². The second kappa shape index (κ2) is 5.90. The van der Waals surface area contributed by atoms with E-state index in [-0.39, 0.29) is 18.2 Å². The predicted molar refractivity (Wildman–Crippen MR) is 67.8 cm³/mol. The van der Waals surface area contributed by atoms with Crippen LogP contribution in [-0.4, -0.2) is 31.1 Å².